The Morgan fingerprint density at radius 2 is 1.94 bits per heavy atom. The Morgan fingerprint density at radius 3 is 2.81 bits per heavy atom. The van der Waals surface area contributed by atoms with Gasteiger partial charge in [0.15, 0.2) is 5.82 Å². The number of aryl methyl sites for hydroxylation is 1. The van der Waals surface area contributed by atoms with E-state index in [1.54, 1.807) is 30.0 Å². The first kappa shape index (κ1) is 31.0. The summed E-state index contributed by atoms with van der Waals surface area (Å²) in [5, 5.41) is 4.23. The van der Waals surface area contributed by atoms with E-state index in [-0.39, 0.29) is 67.6 Å². The van der Waals surface area contributed by atoms with E-state index in [9.17, 15) is 9.18 Å². The Kier molecular flexibility index (Phi) is 7.57. The summed E-state index contributed by atoms with van der Waals surface area (Å²) in [6.07, 6.45) is 0.934. The number of alkyl carbamates (subject to hydrolysis) is 1. The fourth-order valence-electron chi connectivity index (χ4n) is 8.32. The van der Waals surface area contributed by atoms with Crippen molar-refractivity contribution in [1.29, 1.82) is 0 Å². The normalized spacial score (nSPS) is 27.7. The van der Waals surface area contributed by atoms with Crippen LogP contribution in [0, 0.1) is 11.6 Å². The number of rotatable bonds is 3. The number of hydrogen-bond acceptors (Lipinski definition) is 8. The summed E-state index contributed by atoms with van der Waals surface area (Å²) < 4.78 is 74.0. The van der Waals surface area contributed by atoms with E-state index >= 15 is 13.2 Å². The lowest BCUT2D eigenvalue weighted by Crippen LogP contribution is -2.60. The number of benzene rings is 2. The van der Waals surface area contributed by atoms with Crippen molar-refractivity contribution in [3.05, 3.63) is 53.7 Å². The van der Waals surface area contributed by atoms with Gasteiger partial charge in [-0.25, -0.2) is 22.4 Å². The highest BCUT2D eigenvalue weighted by atomic mass is 19.1. The van der Waals surface area contributed by atoms with Crippen LogP contribution in [0.2, 0.25) is 0 Å². The first-order valence-corrected chi connectivity index (χ1v) is 16.5. The van der Waals surface area contributed by atoms with Crippen LogP contribution in [0.4, 0.5) is 28.2 Å². The number of nitrogens with one attached hydrogen (secondary N) is 1. The number of carbonyl (C=O) groups is 1. The molecule has 1 amide bonds. The van der Waals surface area contributed by atoms with Crippen LogP contribution in [0.3, 0.4) is 0 Å². The molecular formula is C35H36F4N6O3. The van der Waals surface area contributed by atoms with E-state index in [4.69, 9.17) is 9.47 Å². The lowest BCUT2D eigenvalue weighted by atomic mass is 9.90. The average molecular weight is 665 g/mol. The van der Waals surface area contributed by atoms with E-state index < -0.39 is 41.1 Å². The number of fused-ring (bicyclic) bond motifs is 7. The molecule has 3 fully saturated rings. The fraction of sp³-hybridized carbons (Fsp3) is 0.486. The van der Waals surface area contributed by atoms with Crippen LogP contribution >= 0.6 is 0 Å². The summed E-state index contributed by atoms with van der Waals surface area (Å²) in [6, 6.07) is 8.13. The molecule has 0 spiro atoms. The van der Waals surface area contributed by atoms with Crippen LogP contribution in [0.1, 0.15) is 44.6 Å². The molecule has 4 atom stereocenters. The van der Waals surface area contributed by atoms with Crippen molar-refractivity contribution in [2.75, 3.05) is 44.3 Å². The molecule has 1 N–H and O–H groups in total. The molecule has 0 unspecified atom stereocenters. The van der Waals surface area contributed by atoms with Crippen molar-refractivity contribution in [2.24, 2.45) is 0 Å². The number of halogens is 4. The van der Waals surface area contributed by atoms with Crippen molar-refractivity contribution < 1.29 is 31.8 Å². The van der Waals surface area contributed by atoms with Gasteiger partial charge >= 0.3 is 12.1 Å². The van der Waals surface area contributed by atoms with Crippen LogP contribution in [0.5, 0.6) is 6.01 Å². The molecule has 7 heterocycles. The van der Waals surface area contributed by atoms with Crippen LogP contribution in [-0.4, -0.2) is 88.8 Å². The maximum Gasteiger partial charge on any atom is 0.407 e. The molecule has 252 valence electrons. The van der Waals surface area contributed by atoms with Gasteiger partial charge in [-0.05, 0) is 61.6 Å². The van der Waals surface area contributed by atoms with Gasteiger partial charge in [0.05, 0.1) is 29.6 Å². The third kappa shape index (κ3) is 5.36. The van der Waals surface area contributed by atoms with Gasteiger partial charge in [0.1, 0.15) is 41.8 Å². The zero-order valence-electron chi connectivity index (χ0n) is 26.6. The predicted octanol–water partition coefficient (Wildman–Crippen LogP) is 6.06. The minimum Gasteiger partial charge on any atom is -0.461 e. The minimum absolute atomic E-state index is 0.00292. The van der Waals surface area contributed by atoms with Crippen LogP contribution in [-0.2, 0) is 11.2 Å². The molecule has 48 heavy (non-hydrogen) atoms. The second kappa shape index (κ2) is 11.7. The maximum absolute atomic E-state index is 16.9. The summed E-state index contributed by atoms with van der Waals surface area (Å²) in [5.74, 6) is -1.03. The number of aromatic nitrogens is 3. The first-order valence-electron chi connectivity index (χ1n) is 16.5. The molecular weight excluding hydrogens is 628 g/mol. The van der Waals surface area contributed by atoms with Gasteiger partial charge in [-0.3, -0.25) is 9.88 Å². The summed E-state index contributed by atoms with van der Waals surface area (Å²) in [7, 11) is 0. The van der Waals surface area contributed by atoms with Crippen LogP contribution in [0.25, 0.3) is 32.9 Å². The summed E-state index contributed by atoms with van der Waals surface area (Å²) in [6.45, 7) is 2.99. The monoisotopic (exact) mass is 664 g/mol. The minimum atomic E-state index is -1.36. The predicted molar refractivity (Wildman–Crippen MR) is 172 cm³/mol. The van der Waals surface area contributed by atoms with E-state index in [1.807, 2.05) is 6.07 Å². The second-order valence-corrected chi connectivity index (χ2v) is 13.9. The number of carbonyl (C=O) groups excluding carboxylic acids is 1. The molecule has 13 heteroatoms. The van der Waals surface area contributed by atoms with Gasteiger partial charge in [0.2, 0.25) is 0 Å². The Morgan fingerprint density at radius 1 is 1.08 bits per heavy atom. The third-order valence-corrected chi connectivity index (χ3v) is 10.4. The quantitative estimate of drug-likeness (QED) is 0.265. The summed E-state index contributed by atoms with van der Waals surface area (Å²) >= 11 is 0. The largest absolute Gasteiger partial charge is 0.461 e. The number of anilines is 1. The number of alkyl halides is 2. The molecule has 5 aliphatic heterocycles. The molecule has 0 radical (unpaired) electrons. The summed E-state index contributed by atoms with van der Waals surface area (Å²) in [5.41, 5.74) is -0.969. The number of piperidine rings is 1. The molecule has 3 saturated heterocycles. The second-order valence-electron chi connectivity index (χ2n) is 13.9. The van der Waals surface area contributed by atoms with Gasteiger partial charge in [0, 0.05) is 37.7 Å². The molecule has 2 aromatic carbocycles. The standard InChI is InChI=1S/C35H36F4N6O3/c1-34-13-21(36)16-44(18-34)31-25-15-40-29(24-6-2-5-20-8-9-26(38)23(27(20)24)7-3-12-47-33(46)43-34)28(39)30(25)41-32(42-31)48-19-35-10-4-11-45(35)17-22(37)14-35/h2,5-6,8-9,15,21-22H,3-4,7,10-14,16-19H2,1H3,(H,43,46)/t21-,22-,34-,35+/m1/s1. The molecule has 5 aliphatic rings. The molecule has 0 saturated carbocycles. The molecule has 9 rings (SSSR count). The average Bonchev–Trinajstić information content (AvgIpc) is 3.57. The number of amides is 1. The highest BCUT2D eigenvalue weighted by Gasteiger charge is 2.49. The van der Waals surface area contributed by atoms with E-state index in [0.29, 0.717) is 41.3 Å². The number of nitrogens with zero attached hydrogens (tertiary/aromatic N) is 5. The van der Waals surface area contributed by atoms with Crippen molar-refractivity contribution in [2.45, 2.75) is 68.9 Å². The first-order chi connectivity index (χ1) is 23.1. The molecule has 2 aromatic heterocycles. The Labute approximate surface area is 274 Å². The molecule has 9 nitrogen and oxygen atoms in total. The van der Waals surface area contributed by atoms with Crippen molar-refractivity contribution in [3.8, 4) is 17.3 Å². The van der Waals surface area contributed by atoms with Gasteiger partial charge < -0.3 is 19.7 Å². The Hall–Kier alpha value is -4.26. The SMILES string of the molecule is C[C@@]12C[C@@H](F)CN(C1)c1nc(OC[C@@]34CCCN3C[C@H](F)C4)nc3c(F)c(ncc13)-c1cccc3ccc(F)c(c13)CCCOC(=O)N2. The Bertz CT molecular complexity index is 1930. The molecule has 4 aromatic rings. The van der Waals surface area contributed by atoms with E-state index in [2.05, 4.69) is 25.2 Å². The van der Waals surface area contributed by atoms with Crippen LogP contribution in [0.15, 0.2) is 36.5 Å². The van der Waals surface area contributed by atoms with Crippen LogP contribution < -0.4 is 15.0 Å². The molecule has 0 aliphatic carbocycles. The highest BCUT2D eigenvalue weighted by Crippen LogP contribution is 2.42. The molecule has 6 bridgehead atoms. The van der Waals surface area contributed by atoms with E-state index in [1.165, 1.54) is 12.3 Å². The van der Waals surface area contributed by atoms with Gasteiger partial charge in [-0.15, -0.1) is 0 Å². The van der Waals surface area contributed by atoms with E-state index in [0.717, 1.165) is 19.4 Å². The maximum atomic E-state index is 16.9. The topological polar surface area (TPSA) is 92.7 Å². The lowest BCUT2D eigenvalue weighted by Gasteiger charge is -2.42. The zero-order chi connectivity index (χ0) is 33.2. The smallest absolute Gasteiger partial charge is 0.407 e. The van der Waals surface area contributed by atoms with Gasteiger partial charge in [0.25, 0.3) is 0 Å². The number of ether oxygens (including phenoxy) is 2. The van der Waals surface area contributed by atoms with Crippen molar-refractivity contribution in [1.82, 2.24) is 25.2 Å². The zero-order valence-corrected chi connectivity index (χ0v) is 26.6. The number of pyridine rings is 1. The Balaban J connectivity index is 1.31. The van der Waals surface area contributed by atoms with Gasteiger partial charge in [-0.1, -0.05) is 24.3 Å². The fourth-order valence-corrected chi connectivity index (χ4v) is 8.32. The lowest BCUT2D eigenvalue weighted by molar-refractivity contribution is 0.107. The third-order valence-electron chi connectivity index (χ3n) is 10.4. The highest BCUT2D eigenvalue weighted by molar-refractivity contribution is 6.01. The van der Waals surface area contributed by atoms with Crippen molar-refractivity contribution >= 4 is 33.6 Å². The van der Waals surface area contributed by atoms with Gasteiger partial charge in [-0.2, -0.15) is 9.97 Å². The van der Waals surface area contributed by atoms with Crippen molar-refractivity contribution in [3.63, 3.8) is 0 Å². The summed E-state index contributed by atoms with van der Waals surface area (Å²) in [4.78, 5) is 30.4. The number of hydrogen-bond donors (Lipinski definition) is 1.